The molecule has 1 aliphatic rings. The van der Waals surface area contributed by atoms with Gasteiger partial charge in [-0.05, 0) is 48.2 Å². The first-order valence-corrected chi connectivity index (χ1v) is 7.28. The molecule has 4 heteroatoms. The van der Waals surface area contributed by atoms with Crippen molar-refractivity contribution in [3.05, 3.63) is 59.7 Å². The van der Waals surface area contributed by atoms with E-state index in [9.17, 15) is 4.79 Å². The van der Waals surface area contributed by atoms with Crippen LogP contribution in [0.4, 0.5) is 5.69 Å². The Balaban J connectivity index is 1.66. The monoisotopic (exact) mass is 292 g/mol. The third-order valence-electron chi connectivity index (χ3n) is 3.81. The van der Waals surface area contributed by atoms with Gasteiger partial charge in [0.15, 0.2) is 0 Å². The molecule has 3 rings (SSSR count). The van der Waals surface area contributed by atoms with Gasteiger partial charge in [0.2, 0.25) is 5.91 Å². The highest BCUT2D eigenvalue weighted by Crippen LogP contribution is 2.35. The average molecular weight is 292 g/mol. The Kier molecular flexibility index (Phi) is 4.06. The van der Waals surface area contributed by atoms with Crippen molar-refractivity contribution in [3.8, 4) is 11.8 Å². The molecule has 1 unspecified atom stereocenters. The van der Waals surface area contributed by atoms with Gasteiger partial charge in [-0.25, -0.2) is 0 Å². The highest BCUT2D eigenvalue weighted by Gasteiger charge is 2.23. The average Bonchev–Trinajstić information content (AvgIpc) is 2.56. The van der Waals surface area contributed by atoms with E-state index in [2.05, 4.69) is 11.4 Å². The minimum Gasteiger partial charge on any atom is -0.493 e. The van der Waals surface area contributed by atoms with Gasteiger partial charge >= 0.3 is 0 Å². The Labute approximate surface area is 129 Å². The van der Waals surface area contributed by atoms with Crippen LogP contribution in [0.1, 0.15) is 29.9 Å². The number of nitrogens with one attached hydrogen (secondary N) is 1. The standard InChI is InChI=1S/C18H16N2O2/c19-12-13-5-7-15(8-6-13)20-18(21)11-14-9-10-22-17-4-2-1-3-16(14)17/h1-8,14H,9-11H2,(H,20,21). The van der Waals surface area contributed by atoms with E-state index in [1.165, 1.54) is 0 Å². The lowest BCUT2D eigenvalue weighted by Gasteiger charge is -2.25. The summed E-state index contributed by atoms with van der Waals surface area (Å²) in [5, 5.41) is 11.7. The zero-order chi connectivity index (χ0) is 15.4. The molecule has 2 aromatic carbocycles. The molecule has 0 radical (unpaired) electrons. The summed E-state index contributed by atoms with van der Waals surface area (Å²) in [5.74, 6) is 1.04. The number of benzene rings is 2. The quantitative estimate of drug-likeness (QED) is 0.942. The van der Waals surface area contributed by atoms with Crippen LogP contribution in [0.3, 0.4) is 0 Å². The maximum atomic E-state index is 12.2. The number of anilines is 1. The van der Waals surface area contributed by atoms with Crippen LogP contribution in [0.2, 0.25) is 0 Å². The molecule has 110 valence electrons. The van der Waals surface area contributed by atoms with Crippen molar-refractivity contribution in [2.45, 2.75) is 18.8 Å². The zero-order valence-corrected chi connectivity index (χ0v) is 12.1. The van der Waals surface area contributed by atoms with Crippen LogP contribution in [-0.4, -0.2) is 12.5 Å². The number of carbonyl (C=O) groups is 1. The molecule has 2 aromatic rings. The van der Waals surface area contributed by atoms with Gasteiger partial charge in [0.05, 0.1) is 18.2 Å². The van der Waals surface area contributed by atoms with Crippen molar-refractivity contribution in [1.29, 1.82) is 5.26 Å². The predicted molar refractivity (Wildman–Crippen MR) is 83.7 cm³/mol. The van der Waals surface area contributed by atoms with Crippen LogP contribution in [0.25, 0.3) is 0 Å². The predicted octanol–water partition coefficient (Wildman–Crippen LogP) is 3.45. The minimum atomic E-state index is -0.0218. The molecule has 0 spiro atoms. The van der Waals surface area contributed by atoms with E-state index in [-0.39, 0.29) is 11.8 Å². The number of carbonyl (C=O) groups excluding carboxylic acids is 1. The number of rotatable bonds is 3. The first-order chi connectivity index (χ1) is 10.8. The van der Waals surface area contributed by atoms with Gasteiger partial charge in [-0.1, -0.05) is 18.2 Å². The van der Waals surface area contributed by atoms with Crippen molar-refractivity contribution in [1.82, 2.24) is 0 Å². The lowest BCUT2D eigenvalue weighted by atomic mass is 9.90. The molecule has 1 N–H and O–H groups in total. The Morgan fingerprint density at radius 3 is 2.77 bits per heavy atom. The molecule has 0 fully saturated rings. The molecule has 22 heavy (non-hydrogen) atoms. The first kappa shape index (κ1) is 14.2. The number of hydrogen-bond acceptors (Lipinski definition) is 3. The molecule has 0 saturated carbocycles. The smallest absolute Gasteiger partial charge is 0.224 e. The zero-order valence-electron chi connectivity index (χ0n) is 12.1. The third kappa shape index (κ3) is 3.09. The Morgan fingerprint density at radius 1 is 1.23 bits per heavy atom. The number of fused-ring (bicyclic) bond motifs is 1. The lowest BCUT2D eigenvalue weighted by molar-refractivity contribution is -0.116. The summed E-state index contributed by atoms with van der Waals surface area (Å²) in [5.41, 5.74) is 2.39. The second-order valence-corrected chi connectivity index (χ2v) is 5.31. The van der Waals surface area contributed by atoms with E-state index in [4.69, 9.17) is 10.00 Å². The number of hydrogen-bond donors (Lipinski definition) is 1. The molecule has 1 atom stereocenters. The summed E-state index contributed by atoms with van der Waals surface area (Å²) < 4.78 is 5.62. The molecule has 1 amide bonds. The first-order valence-electron chi connectivity index (χ1n) is 7.28. The van der Waals surface area contributed by atoms with Gasteiger partial charge in [-0.15, -0.1) is 0 Å². The van der Waals surface area contributed by atoms with Crippen molar-refractivity contribution >= 4 is 11.6 Å². The maximum absolute atomic E-state index is 12.2. The van der Waals surface area contributed by atoms with Crippen LogP contribution in [0.5, 0.6) is 5.75 Å². The number of nitrogens with zero attached hydrogens (tertiary/aromatic N) is 1. The fourth-order valence-corrected chi connectivity index (χ4v) is 2.69. The van der Waals surface area contributed by atoms with Crippen molar-refractivity contribution < 1.29 is 9.53 Å². The van der Waals surface area contributed by atoms with Crippen LogP contribution >= 0.6 is 0 Å². The second kappa shape index (κ2) is 6.31. The van der Waals surface area contributed by atoms with Gasteiger partial charge in [-0.2, -0.15) is 5.26 Å². The molecule has 1 aliphatic heterocycles. The van der Waals surface area contributed by atoms with Gasteiger partial charge in [0.1, 0.15) is 5.75 Å². The van der Waals surface area contributed by atoms with Crippen molar-refractivity contribution in [2.75, 3.05) is 11.9 Å². The van der Waals surface area contributed by atoms with Crippen LogP contribution in [0, 0.1) is 11.3 Å². The van der Waals surface area contributed by atoms with Gasteiger partial charge in [0.25, 0.3) is 0 Å². The minimum absolute atomic E-state index is 0.0218. The molecular formula is C18H16N2O2. The van der Waals surface area contributed by atoms with Gasteiger partial charge in [-0.3, -0.25) is 4.79 Å². The molecule has 0 saturated heterocycles. The lowest BCUT2D eigenvalue weighted by Crippen LogP contribution is -2.20. The van der Waals surface area contributed by atoms with Crippen LogP contribution in [-0.2, 0) is 4.79 Å². The Morgan fingerprint density at radius 2 is 2.00 bits per heavy atom. The summed E-state index contributed by atoms with van der Waals surface area (Å²) in [6.45, 7) is 0.645. The number of amides is 1. The van der Waals surface area contributed by atoms with E-state index in [1.54, 1.807) is 24.3 Å². The summed E-state index contributed by atoms with van der Waals surface area (Å²) in [4.78, 5) is 12.2. The van der Waals surface area contributed by atoms with Crippen LogP contribution in [0.15, 0.2) is 48.5 Å². The molecule has 0 aliphatic carbocycles. The summed E-state index contributed by atoms with van der Waals surface area (Å²) >= 11 is 0. The largest absolute Gasteiger partial charge is 0.493 e. The molecular weight excluding hydrogens is 276 g/mol. The summed E-state index contributed by atoms with van der Waals surface area (Å²) in [6, 6.07) is 16.8. The molecule has 4 nitrogen and oxygen atoms in total. The summed E-state index contributed by atoms with van der Waals surface area (Å²) in [7, 11) is 0. The van der Waals surface area contributed by atoms with E-state index < -0.39 is 0 Å². The SMILES string of the molecule is N#Cc1ccc(NC(=O)CC2CCOc3ccccc32)cc1. The Hall–Kier alpha value is -2.80. The fourth-order valence-electron chi connectivity index (χ4n) is 2.69. The molecule has 0 aromatic heterocycles. The van der Waals surface area contributed by atoms with Crippen molar-refractivity contribution in [3.63, 3.8) is 0 Å². The fraction of sp³-hybridized carbons (Fsp3) is 0.222. The van der Waals surface area contributed by atoms with E-state index in [1.807, 2.05) is 24.3 Å². The highest BCUT2D eigenvalue weighted by molar-refractivity contribution is 5.91. The third-order valence-corrected chi connectivity index (χ3v) is 3.81. The number of ether oxygens (including phenoxy) is 1. The number of para-hydroxylation sites is 1. The molecule has 1 heterocycles. The normalized spacial score (nSPS) is 16.0. The molecule has 0 bridgehead atoms. The second-order valence-electron chi connectivity index (χ2n) is 5.31. The number of nitriles is 1. The Bertz CT molecular complexity index is 717. The highest BCUT2D eigenvalue weighted by atomic mass is 16.5. The van der Waals surface area contributed by atoms with Gasteiger partial charge < -0.3 is 10.1 Å². The summed E-state index contributed by atoms with van der Waals surface area (Å²) in [6.07, 6.45) is 1.28. The van der Waals surface area contributed by atoms with Crippen LogP contribution < -0.4 is 10.1 Å². The van der Waals surface area contributed by atoms with E-state index in [0.717, 1.165) is 17.7 Å². The topological polar surface area (TPSA) is 62.1 Å². The van der Waals surface area contributed by atoms with E-state index >= 15 is 0 Å². The van der Waals surface area contributed by atoms with E-state index in [0.29, 0.717) is 24.3 Å². The van der Waals surface area contributed by atoms with Gasteiger partial charge in [0, 0.05) is 12.1 Å². The van der Waals surface area contributed by atoms with Crippen molar-refractivity contribution in [2.24, 2.45) is 0 Å². The maximum Gasteiger partial charge on any atom is 0.224 e.